The lowest BCUT2D eigenvalue weighted by molar-refractivity contribution is -0.146. The number of amides is 3. The van der Waals surface area contributed by atoms with E-state index in [9.17, 15) is 24.0 Å². The van der Waals surface area contributed by atoms with E-state index in [-0.39, 0.29) is 25.4 Å². The molecule has 0 aliphatic carbocycles. The highest BCUT2D eigenvalue weighted by Crippen LogP contribution is 2.10. The predicted molar refractivity (Wildman–Crippen MR) is 140 cm³/mol. The first kappa shape index (κ1) is 30.0. The molecule has 0 fully saturated rings. The summed E-state index contributed by atoms with van der Waals surface area (Å²) in [5, 5.41) is 7.47. The standard InChI is InChI=1S/C28H35N3O7/c1-18(2)15-23(31-28(36)38-17-21-13-9-6-10-14-21)25(33)30-22(16-20-11-7-5-8-12-20)24(32)26(34)29-19(3)27(35)37-4/h5-14,18-19,22-23H,15-17H2,1-4H3,(H,29,34)(H,30,33)(H,31,36)/t19-,22-,23-/m0/s1. The number of carbonyl (C=O) groups excluding carboxylic acids is 5. The van der Waals surface area contributed by atoms with E-state index in [4.69, 9.17) is 4.74 Å². The van der Waals surface area contributed by atoms with E-state index in [0.29, 0.717) is 5.56 Å². The number of ketones is 1. The van der Waals surface area contributed by atoms with Gasteiger partial charge in [0.1, 0.15) is 24.7 Å². The monoisotopic (exact) mass is 525 g/mol. The van der Waals surface area contributed by atoms with Crippen molar-refractivity contribution < 1.29 is 33.4 Å². The summed E-state index contributed by atoms with van der Waals surface area (Å²) in [5.41, 5.74) is 1.49. The van der Waals surface area contributed by atoms with Crippen LogP contribution in [0.15, 0.2) is 60.7 Å². The number of ether oxygens (including phenoxy) is 2. The topological polar surface area (TPSA) is 140 Å². The molecular weight excluding hydrogens is 490 g/mol. The zero-order valence-electron chi connectivity index (χ0n) is 22.1. The van der Waals surface area contributed by atoms with E-state index >= 15 is 0 Å². The molecule has 3 atom stereocenters. The van der Waals surface area contributed by atoms with Gasteiger partial charge in [-0.2, -0.15) is 0 Å². The largest absolute Gasteiger partial charge is 0.467 e. The van der Waals surface area contributed by atoms with E-state index in [2.05, 4.69) is 20.7 Å². The fourth-order valence-corrected chi connectivity index (χ4v) is 3.60. The molecule has 3 N–H and O–H groups in total. The zero-order chi connectivity index (χ0) is 28.1. The van der Waals surface area contributed by atoms with Crippen molar-refractivity contribution in [1.29, 1.82) is 0 Å². The molecule has 10 nitrogen and oxygen atoms in total. The van der Waals surface area contributed by atoms with Crippen molar-refractivity contribution in [2.45, 2.75) is 58.3 Å². The first-order chi connectivity index (χ1) is 18.1. The number of nitrogens with one attached hydrogen (secondary N) is 3. The van der Waals surface area contributed by atoms with Crippen molar-refractivity contribution in [3.05, 3.63) is 71.8 Å². The number of hydrogen-bond acceptors (Lipinski definition) is 7. The Morgan fingerprint density at radius 2 is 1.34 bits per heavy atom. The third-order valence-electron chi connectivity index (χ3n) is 5.57. The third-order valence-corrected chi connectivity index (χ3v) is 5.57. The van der Waals surface area contributed by atoms with Crippen molar-refractivity contribution in [3.63, 3.8) is 0 Å². The third kappa shape index (κ3) is 10.0. The van der Waals surface area contributed by atoms with Gasteiger partial charge in [0, 0.05) is 6.42 Å². The second-order valence-corrected chi connectivity index (χ2v) is 9.22. The first-order valence-corrected chi connectivity index (χ1v) is 12.3. The Kier molecular flexibility index (Phi) is 12.0. The molecule has 0 bridgehead atoms. The van der Waals surface area contributed by atoms with E-state index in [1.807, 2.05) is 32.0 Å². The van der Waals surface area contributed by atoms with Gasteiger partial charge in [0.25, 0.3) is 5.91 Å². The van der Waals surface area contributed by atoms with Gasteiger partial charge in [0.2, 0.25) is 11.7 Å². The lowest BCUT2D eigenvalue weighted by atomic mass is 9.99. The van der Waals surface area contributed by atoms with Crippen LogP contribution < -0.4 is 16.0 Å². The lowest BCUT2D eigenvalue weighted by Gasteiger charge is -2.24. The van der Waals surface area contributed by atoms with Gasteiger partial charge >= 0.3 is 12.1 Å². The molecule has 0 spiro atoms. The second-order valence-electron chi connectivity index (χ2n) is 9.22. The molecule has 0 unspecified atom stereocenters. The molecule has 0 aliphatic rings. The number of alkyl carbamates (subject to hydrolysis) is 1. The average molecular weight is 526 g/mol. The molecule has 3 amide bonds. The number of hydrogen-bond donors (Lipinski definition) is 3. The summed E-state index contributed by atoms with van der Waals surface area (Å²) in [6.45, 7) is 5.17. The summed E-state index contributed by atoms with van der Waals surface area (Å²) in [6, 6.07) is 14.6. The summed E-state index contributed by atoms with van der Waals surface area (Å²) in [6.07, 6.45) is -0.493. The van der Waals surface area contributed by atoms with Gasteiger partial charge in [-0.25, -0.2) is 9.59 Å². The molecule has 0 saturated heterocycles. The normalized spacial score (nSPS) is 13.0. The van der Waals surface area contributed by atoms with Crippen LogP contribution in [0.2, 0.25) is 0 Å². The highest BCUT2D eigenvalue weighted by molar-refractivity contribution is 6.38. The fraction of sp³-hybridized carbons (Fsp3) is 0.393. The average Bonchev–Trinajstić information content (AvgIpc) is 2.91. The molecule has 10 heteroatoms. The van der Waals surface area contributed by atoms with Crippen LogP contribution in [0.3, 0.4) is 0 Å². The van der Waals surface area contributed by atoms with E-state index in [1.54, 1.807) is 42.5 Å². The Hall–Kier alpha value is -4.21. The molecule has 2 rings (SSSR count). The summed E-state index contributed by atoms with van der Waals surface area (Å²) >= 11 is 0. The van der Waals surface area contributed by atoms with E-state index in [0.717, 1.165) is 12.7 Å². The zero-order valence-corrected chi connectivity index (χ0v) is 22.1. The molecule has 0 aliphatic heterocycles. The number of Topliss-reactive ketones (excluding diaryl/α,β-unsaturated/α-hetero) is 1. The van der Waals surface area contributed by atoms with Gasteiger partial charge < -0.3 is 25.4 Å². The molecule has 0 heterocycles. The molecular formula is C28H35N3O7. The van der Waals surface area contributed by atoms with Crippen molar-refractivity contribution in [2.24, 2.45) is 5.92 Å². The van der Waals surface area contributed by atoms with Gasteiger partial charge in [-0.3, -0.25) is 14.4 Å². The Morgan fingerprint density at radius 1 is 0.763 bits per heavy atom. The number of methoxy groups -OCH3 is 1. The maximum atomic E-state index is 13.3. The number of benzene rings is 2. The summed E-state index contributed by atoms with van der Waals surface area (Å²) in [5.74, 6) is -3.32. The quantitative estimate of drug-likeness (QED) is 0.269. The number of carbonyl (C=O) groups is 5. The molecule has 0 saturated carbocycles. The van der Waals surface area contributed by atoms with Gasteiger partial charge in [-0.15, -0.1) is 0 Å². The van der Waals surface area contributed by atoms with Crippen LogP contribution in [0.4, 0.5) is 4.79 Å². The highest BCUT2D eigenvalue weighted by Gasteiger charge is 2.32. The molecule has 2 aromatic rings. The van der Waals surface area contributed by atoms with Gasteiger partial charge in [-0.1, -0.05) is 74.5 Å². The molecule has 2 aromatic carbocycles. The SMILES string of the molecule is COC(=O)[C@H](C)NC(=O)C(=O)[C@H](Cc1ccccc1)NC(=O)[C@H](CC(C)C)NC(=O)OCc1ccccc1. The minimum Gasteiger partial charge on any atom is -0.467 e. The highest BCUT2D eigenvalue weighted by atomic mass is 16.5. The van der Waals surface area contributed by atoms with Crippen LogP contribution in [0.5, 0.6) is 0 Å². The van der Waals surface area contributed by atoms with E-state index in [1.165, 1.54) is 6.92 Å². The maximum absolute atomic E-state index is 13.3. The van der Waals surface area contributed by atoms with E-state index < -0.39 is 47.8 Å². The van der Waals surface area contributed by atoms with Crippen molar-refractivity contribution in [2.75, 3.05) is 7.11 Å². The maximum Gasteiger partial charge on any atom is 0.408 e. The van der Waals surface area contributed by atoms with Crippen molar-refractivity contribution in [1.82, 2.24) is 16.0 Å². The minimum atomic E-state index is -1.24. The smallest absolute Gasteiger partial charge is 0.408 e. The predicted octanol–water partition coefficient (Wildman–Crippen LogP) is 2.30. The molecule has 204 valence electrons. The fourth-order valence-electron chi connectivity index (χ4n) is 3.60. The summed E-state index contributed by atoms with van der Waals surface area (Å²) in [4.78, 5) is 63.1. The van der Waals surface area contributed by atoms with Crippen LogP contribution in [-0.2, 0) is 41.7 Å². The van der Waals surface area contributed by atoms with Crippen LogP contribution in [-0.4, -0.2) is 54.9 Å². The minimum absolute atomic E-state index is 0.0210. The molecule has 38 heavy (non-hydrogen) atoms. The number of esters is 1. The first-order valence-electron chi connectivity index (χ1n) is 12.3. The molecule has 0 aromatic heterocycles. The van der Waals surface area contributed by atoms with Crippen LogP contribution in [0, 0.1) is 5.92 Å². The Morgan fingerprint density at radius 3 is 1.89 bits per heavy atom. The second kappa shape index (κ2) is 15.1. The Bertz CT molecular complexity index is 1090. The Balaban J connectivity index is 2.15. The summed E-state index contributed by atoms with van der Waals surface area (Å²) < 4.78 is 9.83. The summed E-state index contributed by atoms with van der Waals surface area (Å²) in [7, 11) is 1.16. The lowest BCUT2D eigenvalue weighted by Crippen LogP contribution is -2.55. The van der Waals surface area contributed by atoms with Crippen LogP contribution in [0.25, 0.3) is 0 Å². The number of rotatable bonds is 13. The Labute approximate surface area is 222 Å². The van der Waals surface area contributed by atoms with Crippen LogP contribution >= 0.6 is 0 Å². The molecule has 0 radical (unpaired) electrons. The van der Waals surface area contributed by atoms with Gasteiger partial charge in [0.05, 0.1) is 7.11 Å². The van der Waals surface area contributed by atoms with Crippen LogP contribution in [0.1, 0.15) is 38.3 Å². The van der Waals surface area contributed by atoms with Gasteiger partial charge in [0.15, 0.2) is 0 Å². The van der Waals surface area contributed by atoms with Crippen molar-refractivity contribution in [3.8, 4) is 0 Å². The van der Waals surface area contributed by atoms with Gasteiger partial charge in [-0.05, 0) is 30.4 Å². The van der Waals surface area contributed by atoms with Crippen molar-refractivity contribution >= 4 is 29.7 Å².